The van der Waals surface area contributed by atoms with Crippen LogP contribution < -0.4 is 16.2 Å². The SMILES string of the molecule is CCCOc1ccc(CC(CN)C(N)=O)cc1. The van der Waals surface area contributed by atoms with Crippen molar-refractivity contribution in [3.63, 3.8) is 0 Å². The van der Waals surface area contributed by atoms with Crippen molar-refractivity contribution in [1.29, 1.82) is 0 Å². The molecule has 4 N–H and O–H groups in total. The summed E-state index contributed by atoms with van der Waals surface area (Å²) in [4.78, 5) is 11.1. The Kier molecular flexibility index (Phi) is 5.49. The maximum absolute atomic E-state index is 11.1. The van der Waals surface area contributed by atoms with Gasteiger partial charge in [0.25, 0.3) is 0 Å². The van der Waals surface area contributed by atoms with E-state index in [0.717, 1.165) is 17.7 Å². The number of carbonyl (C=O) groups is 1. The van der Waals surface area contributed by atoms with E-state index in [1.54, 1.807) is 0 Å². The van der Waals surface area contributed by atoms with Crippen molar-refractivity contribution in [2.24, 2.45) is 17.4 Å². The van der Waals surface area contributed by atoms with Gasteiger partial charge >= 0.3 is 0 Å². The first-order valence-electron chi connectivity index (χ1n) is 5.88. The molecule has 4 heteroatoms. The van der Waals surface area contributed by atoms with Crippen molar-refractivity contribution in [2.45, 2.75) is 19.8 Å². The van der Waals surface area contributed by atoms with E-state index in [1.165, 1.54) is 0 Å². The molecule has 0 heterocycles. The molecule has 0 radical (unpaired) electrons. The molecule has 1 atom stereocenters. The summed E-state index contributed by atoms with van der Waals surface area (Å²) in [6.45, 7) is 3.06. The summed E-state index contributed by atoms with van der Waals surface area (Å²) in [5.74, 6) is 0.204. The number of ether oxygens (including phenoxy) is 1. The Bertz CT molecular complexity index is 349. The Hall–Kier alpha value is -1.55. The van der Waals surface area contributed by atoms with E-state index in [4.69, 9.17) is 16.2 Å². The summed E-state index contributed by atoms with van der Waals surface area (Å²) in [7, 11) is 0. The first-order valence-corrected chi connectivity index (χ1v) is 5.88. The predicted octanol–water partition coefficient (Wildman–Crippen LogP) is 1.08. The maximum Gasteiger partial charge on any atom is 0.222 e. The van der Waals surface area contributed by atoms with Crippen LogP contribution in [-0.4, -0.2) is 19.1 Å². The Balaban J connectivity index is 2.58. The van der Waals surface area contributed by atoms with Gasteiger partial charge in [-0.1, -0.05) is 19.1 Å². The zero-order chi connectivity index (χ0) is 12.7. The highest BCUT2D eigenvalue weighted by atomic mass is 16.5. The van der Waals surface area contributed by atoms with Gasteiger partial charge in [-0.3, -0.25) is 4.79 Å². The third kappa shape index (κ3) is 4.44. The number of hydrogen-bond acceptors (Lipinski definition) is 3. The fraction of sp³-hybridized carbons (Fsp3) is 0.462. The topological polar surface area (TPSA) is 78.3 Å². The molecule has 0 spiro atoms. The van der Waals surface area contributed by atoms with Gasteiger partial charge in [0, 0.05) is 6.54 Å². The van der Waals surface area contributed by atoms with Gasteiger partial charge in [0.2, 0.25) is 5.91 Å². The molecule has 0 saturated carbocycles. The lowest BCUT2D eigenvalue weighted by Crippen LogP contribution is -2.31. The maximum atomic E-state index is 11.1. The summed E-state index contributed by atoms with van der Waals surface area (Å²) in [6, 6.07) is 7.69. The van der Waals surface area contributed by atoms with E-state index in [0.29, 0.717) is 13.0 Å². The van der Waals surface area contributed by atoms with Gasteiger partial charge in [-0.15, -0.1) is 0 Å². The molecular weight excluding hydrogens is 216 g/mol. The highest BCUT2D eigenvalue weighted by molar-refractivity contribution is 5.77. The van der Waals surface area contributed by atoms with E-state index < -0.39 is 0 Å². The van der Waals surface area contributed by atoms with E-state index >= 15 is 0 Å². The molecule has 1 unspecified atom stereocenters. The van der Waals surface area contributed by atoms with Crippen molar-refractivity contribution in [3.05, 3.63) is 29.8 Å². The van der Waals surface area contributed by atoms with Gasteiger partial charge in [0.1, 0.15) is 5.75 Å². The van der Waals surface area contributed by atoms with Gasteiger partial charge in [0.05, 0.1) is 12.5 Å². The lowest BCUT2D eigenvalue weighted by molar-refractivity contribution is -0.121. The number of nitrogens with two attached hydrogens (primary N) is 2. The Morgan fingerprint density at radius 1 is 1.35 bits per heavy atom. The lowest BCUT2D eigenvalue weighted by Gasteiger charge is -2.11. The minimum atomic E-state index is -0.348. The number of rotatable bonds is 7. The van der Waals surface area contributed by atoms with Crippen LogP contribution in [0.15, 0.2) is 24.3 Å². The molecule has 0 bridgehead atoms. The second kappa shape index (κ2) is 6.91. The molecule has 0 aliphatic heterocycles. The van der Waals surface area contributed by atoms with Crippen LogP contribution in [0.2, 0.25) is 0 Å². The van der Waals surface area contributed by atoms with Crippen LogP contribution in [0.4, 0.5) is 0 Å². The number of primary amides is 1. The summed E-state index contributed by atoms with van der Waals surface area (Å²) >= 11 is 0. The van der Waals surface area contributed by atoms with Crippen LogP contribution in [-0.2, 0) is 11.2 Å². The monoisotopic (exact) mass is 236 g/mol. The van der Waals surface area contributed by atoms with Gasteiger partial charge in [-0.05, 0) is 30.5 Å². The molecule has 0 fully saturated rings. The second-order valence-corrected chi connectivity index (χ2v) is 4.03. The first kappa shape index (κ1) is 13.5. The zero-order valence-corrected chi connectivity index (χ0v) is 10.2. The van der Waals surface area contributed by atoms with Gasteiger partial charge < -0.3 is 16.2 Å². The van der Waals surface area contributed by atoms with Crippen molar-refractivity contribution < 1.29 is 9.53 Å². The molecule has 1 aromatic carbocycles. The molecule has 0 aliphatic rings. The second-order valence-electron chi connectivity index (χ2n) is 4.03. The van der Waals surface area contributed by atoms with Crippen molar-refractivity contribution in [1.82, 2.24) is 0 Å². The number of amides is 1. The molecule has 1 aromatic rings. The normalized spacial score (nSPS) is 12.1. The van der Waals surface area contributed by atoms with Crippen LogP contribution >= 0.6 is 0 Å². The minimum Gasteiger partial charge on any atom is -0.494 e. The first-order chi connectivity index (χ1) is 8.17. The average Bonchev–Trinajstić information content (AvgIpc) is 2.34. The summed E-state index contributed by atoms with van der Waals surface area (Å²) in [5.41, 5.74) is 11.8. The van der Waals surface area contributed by atoms with Crippen molar-refractivity contribution in [3.8, 4) is 5.75 Å². The molecule has 0 aromatic heterocycles. The summed E-state index contributed by atoms with van der Waals surface area (Å²) < 4.78 is 5.47. The number of carbonyl (C=O) groups excluding carboxylic acids is 1. The smallest absolute Gasteiger partial charge is 0.222 e. The highest BCUT2D eigenvalue weighted by Crippen LogP contribution is 2.15. The lowest BCUT2D eigenvalue weighted by atomic mass is 9.99. The van der Waals surface area contributed by atoms with Crippen LogP contribution in [0.25, 0.3) is 0 Å². The van der Waals surface area contributed by atoms with E-state index in [-0.39, 0.29) is 18.4 Å². The zero-order valence-electron chi connectivity index (χ0n) is 10.2. The Morgan fingerprint density at radius 2 is 2.00 bits per heavy atom. The summed E-state index contributed by atoms with van der Waals surface area (Å²) in [5, 5.41) is 0. The summed E-state index contributed by atoms with van der Waals surface area (Å²) in [6.07, 6.45) is 1.57. The van der Waals surface area contributed by atoms with Crippen LogP contribution in [0, 0.1) is 5.92 Å². The molecular formula is C13H20N2O2. The average molecular weight is 236 g/mol. The largest absolute Gasteiger partial charge is 0.494 e. The molecule has 0 saturated heterocycles. The van der Waals surface area contributed by atoms with Gasteiger partial charge in [0.15, 0.2) is 0 Å². The van der Waals surface area contributed by atoms with Gasteiger partial charge in [-0.25, -0.2) is 0 Å². The predicted molar refractivity (Wildman–Crippen MR) is 67.7 cm³/mol. The number of benzene rings is 1. The van der Waals surface area contributed by atoms with Crippen LogP contribution in [0.3, 0.4) is 0 Å². The third-order valence-corrected chi connectivity index (χ3v) is 2.57. The highest BCUT2D eigenvalue weighted by Gasteiger charge is 2.13. The van der Waals surface area contributed by atoms with Crippen molar-refractivity contribution in [2.75, 3.05) is 13.2 Å². The molecule has 0 aliphatic carbocycles. The molecule has 4 nitrogen and oxygen atoms in total. The van der Waals surface area contributed by atoms with E-state index in [2.05, 4.69) is 6.92 Å². The molecule has 1 rings (SSSR count). The minimum absolute atomic E-state index is 0.281. The fourth-order valence-electron chi connectivity index (χ4n) is 1.53. The van der Waals surface area contributed by atoms with Gasteiger partial charge in [-0.2, -0.15) is 0 Å². The molecule has 17 heavy (non-hydrogen) atoms. The standard InChI is InChI=1S/C13H20N2O2/c1-2-7-17-12-5-3-10(4-6-12)8-11(9-14)13(15)16/h3-6,11H,2,7-9,14H2,1H3,(H2,15,16). The third-order valence-electron chi connectivity index (χ3n) is 2.57. The molecule has 1 amide bonds. The molecule has 94 valence electrons. The number of hydrogen-bond donors (Lipinski definition) is 2. The van der Waals surface area contributed by atoms with Crippen LogP contribution in [0.5, 0.6) is 5.75 Å². The Labute approximate surface area is 102 Å². The van der Waals surface area contributed by atoms with Crippen LogP contribution in [0.1, 0.15) is 18.9 Å². The van der Waals surface area contributed by atoms with E-state index in [9.17, 15) is 4.79 Å². The van der Waals surface area contributed by atoms with Crippen molar-refractivity contribution >= 4 is 5.91 Å². The fourth-order valence-corrected chi connectivity index (χ4v) is 1.53. The Morgan fingerprint density at radius 3 is 2.47 bits per heavy atom. The quantitative estimate of drug-likeness (QED) is 0.743. The van der Waals surface area contributed by atoms with E-state index in [1.807, 2.05) is 24.3 Å².